The molecule has 2 atom stereocenters. The highest BCUT2D eigenvalue weighted by Crippen LogP contribution is 2.25. The van der Waals surface area contributed by atoms with Crippen molar-refractivity contribution in [2.75, 3.05) is 33.3 Å². The summed E-state index contributed by atoms with van der Waals surface area (Å²) in [7, 11) is 1.98. The Morgan fingerprint density at radius 2 is 2.22 bits per heavy atom. The van der Waals surface area contributed by atoms with Crippen LogP contribution in [0.3, 0.4) is 0 Å². The number of hydrogen-bond donors (Lipinski definition) is 1. The van der Waals surface area contributed by atoms with Crippen molar-refractivity contribution in [3.05, 3.63) is 0 Å². The molecule has 0 spiro atoms. The Labute approximate surface area is 109 Å². The molecule has 2 N–H and O–H groups in total. The average Bonchev–Trinajstić information content (AvgIpc) is 2.79. The summed E-state index contributed by atoms with van der Waals surface area (Å²) < 4.78 is 5.63. The number of carbonyl (C=O) groups is 1. The molecule has 0 radical (unpaired) electrons. The van der Waals surface area contributed by atoms with E-state index in [0.717, 1.165) is 26.0 Å². The van der Waals surface area contributed by atoms with Gasteiger partial charge in [-0.05, 0) is 33.7 Å². The minimum atomic E-state index is -0.199. The molecule has 1 amide bonds. The maximum Gasteiger partial charge on any atom is 0.241 e. The Morgan fingerprint density at radius 3 is 2.78 bits per heavy atom. The Kier molecular flexibility index (Phi) is 3.94. The van der Waals surface area contributed by atoms with Crippen LogP contribution < -0.4 is 5.73 Å². The molecule has 0 saturated carbocycles. The van der Waals surface area contributed by atoms with Crippen LogP contribution in [-0.4, -0.2) is 66.7 Å². The molecule has 0 aromatic carbocycles. The Morgan fingerprint density at radius 1 is 1.50 bits per heavy atom. The molecule has 2 saturated heterocycles. The molecule has 0 bridgehead atoms. The van der Waals surface area contributed by atoms with Crippen molar-refractivity contribution < 1.29 is 9.53 Å². The summed E-state index contributed by atoms with van der Waals surface area (Å²) in [4.78, 5) is 16.4. The number of piperazine rings is 1. The number of nitrogens with two attached hydrogens (primary N) is 1. The van der Waals surface area contributed by atoms with Crippen molar-refractivity contribution in [3.63, 3.8) is 0 Å². The van der Waals surface area contributed by atoms with Gasteiger partial charge in [0.15, 0.2) is 0 Å². The summed E-state index contributed by atoms with van der Waals surface area (Å²) in [6.45, 7) is 6.98. The van der Waals surface area contributed by atoms with Crippen molar-refractivity contribution in [1.82, 2.24) is 9.80 Å². The van der Waals surface area contributed by atoms with Gasteiger partial charge >= 0.3 is 0 Å². The summed E-state index contributed by atoms with van der Waals surface area (Å²) in [6, 6.07) is -0.199. The van der Waals surface area contributed by atoms with Crippen molar-refractivity contribution in [2.24, 2.45) is 5.73 Å². The van der Waals surface area contributed by atoms with Crippen LogP contribution in [0.15, 0.2) is 0 Å². The molecule has 0 aromatic heterocycles. The number of amides is 1. The Balaban J connectivity index is 2.07. The highest BCUT2D eigenvalue weighted by Gasteiger charge is 2.42. The normalized spacial score (nSPS) is 33.1. The molecule has 2 unspecified atom stereocenters. The van der Waals surface area contributed by atoms with E-state index in [1.54, 1.807) is 0 Å². The van der Waals surface area contributed by atoms with Crippen molar-refractivity contribution in [3.8, 4) is 0 Å². The second-order valence-electron chi connectivity index (χ2n) is 6.03. The van der Waals surface area contributed by atoms with Crippen LogP contribution in [-0.2, 0) is 9.53 Å². The van der Waals surface area contributed by atoms with Crippen LogP contribution in [0.25, 0.3) is 0 Å². The first-order valence-electron chi connectivity index (χ1n) is 6.79. The van der Waals surface area contributed by atoms with Crippen molar-refractivity contribution in [1.29, 1.82) is 0 Å². The summed E-state index contributed by atoms with van der Waals surface area (Å²) >= 11 is 0. The number of nitrogens with zero attached hydrogens (tertiary/aromatic N) is 2. The van der Waals surface area contributed by atoms with E-state index in [0.29, 0.717) is 13.1 Å². The molecule has 18 heavy (non-hydrogen) atoms. The largest absolute Gasteiger partial charge is 0.376 e. The lowest BCUT2D eigenvalue weighted by atomic mass is 9.94. The van der Waals surface area contributed by atoms with Crippen molar-refractivity contribution >= 4 is 5.91 Å². The summed E-state index contributed by atoms with van der Waals surface area (Å²) in [5.74, 6) is 0.148. The molecular weight excluding hydrogens is 230 g/mol. The average molecular weight is 255 g/mol. The van der Waals surface area contributed by atoms with Gasteiger partial charge in [-0.3, -0.25) is 9.69 Å². The van der Waals surface area contributed by atoms with Crippen LogP contribution in [0.2, 0.25) is 0 Å². The molecule has 0 aliphatic carbocycles. The van der Waals surface area contributed by atoms with E-state index >= 15 is 0 Å². The zero-order valence-corrected chi connectivity index (χ0v) is 11.7. The van der Waals surface area contributed by atoms with Crippen LogP contribution in [0, 0.1) is 0 Å². The lowest BCUT2D eigenvalue weighted by Crippen LogP contribution is -2.67. The summed E-state index contributed by atoms with van der Waals surface area (Å²) in [6.07, 6.45) is 2.38. The second kappa shape index (κ2) is 5.15. The number of likely N-dealkylation sites (N-methyl/N-ethyl adjacent to an activating group) is 1. The molecule has 5 nitrogen and oxygen atoms in total. The molecule has 5 heteroatoms. The number of ether oxygens (including phenoxy) is 1. The lowest BCUT2D eigenvalue weighted by molar-refractivity contribution is -0.149. The molecule has 2 rings (SSSR count). The minimum absolute atomic E-state index is 0.0312. The van der Waals surface area contributed by atoms with Crippen LogP contribution >= 0.6 is 0 Å². The van der Waals surface area contributed by atoms with E-state index in [9.17, 15) is 4.79 Å². The smallest absolute Gasteiger partial charge is 0.241 e. The van der Waals surface area contributed by atoms with Gasteiger partial charge in [-0.25, -0.2) is 0 Å². The molecule has 2 fully saturated rings. The highest BCUT2D eigenvalue weighted by molar-refractivity contribution is 5.83. The van der Waals surface area contributed by atoms with E-state index in [1.807, 2.05) is 11.9 Å². The SMILES string of the molecule is CN1C(CN)C(=O)N(CC2CCCO2)CC1(C)C. The Bertz CT molecular complexity index is 313. The minimum Gasteiger partial charge on any atom is -0.376 e. The van der Waals surface area contributed by atoms with E-state index in [1.165, 1.54) is 0 Å². The van der Waals surface area contributed by atoms with Crippen LogP contribution in [0.4, 0.5) is 0 Å². The zero-order valence-electron chi connectivity index (χ0n) is 11.7. The van der Waals surface area contributed by atoms with Gasteiger partial charge in [-0.1, -0.05) is 0 Å². The predicted octanol–water partition coefficient (Wildman–Crippen LogP) is 0.0453. The van der Waals surface area contributed by atoms with Gasteiger partial charge in [-0.2, -0.15) is 0 Å². The molecule has 2 heterocycles. The van der Waals surface area contributed by atoms with Gasteiger partial charge in [0, 0.05) is 31.8 Å². The summed E-state index contributed by atoms with van der Waals surface area (Å²) in [5, 5.41) is 0. The first-order chi connectivity index (χ1) is 8.45. The monoisotopic (exact) mass is 255 g/mol. The fraction of sp³-hybridized carbons (Fsp3) is 0.923. The third-order valence-corrected chi connectivity index (χ3v) is 4.27. The van der Waals surface area contributed by atoms with Gasteiger partial charge < -0.3 is 15.4 Å². The molecule has 2 aliphatic rings. The van der Waals surface area contributed by atoms with Crippen LogP contribution in [0.1, 0.15) is 26.7 Å². The highest BCUT2D eigenvalue weighted by atomic mass is 16.5. The van der Waals surface area contributed by atoms with Crippen molar-refractivity contribution in [2.45, 2.75) is 44.4 Å². The number of rotatable bonds is 3. The third kappa shape index (κ3) is 2.53. The quantitative estimate of drug-likeness (QED) is 0.774. The first-order valence-corrected chi connectivity index (χ1v) is 6.79. The number of hydrogen-bond acceptors (Lipinski definition) is 4. The van der Waals surface area contributed by atoms with Gasteiger partial charge in [0.2, 0.25) is 5.91 Å². The standard InChI is InChI=1S/C13H25N3O2/c1-13(2)9-16(8-10-5-4-6-18-10)12(17)11(7-14)15(13)3/h10-11H,4-9,14H2,1-3H3. The first kappa shape index (κ1) is 13.8. The predicted molar refractivity (Wildman–Crippen MR) is 70.2 cm³/mol. The van der Waals surface area contributed by atoms with Gasteiger partial charge in [0.25, 0.3) is 0 Å². The van der Waals surface area contributed by atoms with Gasteiger partial charge in [0.1, 0.15) is 6.04 Å². The number of carbonyl (C=O) groups excluding carboxylic acids is 1. The maximum absolute atomic E-state index is 12.4. The fourth-order valence-electron chi connectivity index (χ4n) is 2.90. The van der Waals surface area contributed by atoms with Gasteiger partial charge in [-0.15, -0.1) is 0 Å². The summed E-state index contributed by atoms with van der Waals surface area (Å²) in [5.41, 5.74) is 5.72. The molecule has 2 aliphatic heterocycles. The van der Waals surface area contributed by atoms with Crippen LogP contribution in [0.5, 0.6) is 0 Å². The van der Waals surface area contributed by atoms with E-state index < -0.39 is 0 Å². The Hall–Kier alpha value is -0.650. The zero-order chi connectivity index (χ0) is 13.3. The topological polar surface area (TPSA) is 58.8 Å². The lowest BCUT2D eigenvalue weighted by Gasteiger charge is -2.49. The maximum atomic E-state index is 12.4. The molecular formula is C13H25N3O2. The fourth-order valence-corrected chi connectivity index (χ4v) is 2.90. The molecule has 0 aromatic rings. The van der Waals surface area contributed by atoms with E-state index in [-0.39, 0.29) is 23.6 Å². The van der Waals surface area contributed by atoms with E-state index in [4.69, 9.17) is 10.5 Å². The second-order valence-corrected chi connectivity index (χ2v) is 6.03. The van der Waals surface area contributed by atoms with Gasteiger partial charge in [0.05, 0.1) is 6.10 Å². The third-order valence-electron chi connectivity index (χ3n) is 4.27. The molecule has 104 valence electrons. The van der Waals surface area contributed by atoms with E-state index in [2.05, 4.69) is 18.7 Å².